The van der Waals surface area contributed by atoms with E-state index in [-0.39, 0.29) is 24.1 Å². The van der Waals surface area contributed by atoms with Gasteiger partial charge in [-0.05, 0) is 48.9 Å². The van der Waals surface area contributed by atoms with Crippen LogP contribution in [0.4, 0.5) is 20.4 Å². The summed E-state index contributed by atoms with van der Waals surface area (Å²) < 4.78 is 29.1. The number of hydrogen-bond acceptors (Lipinski definition) is 4. The lowest BCUT2D eigenvalue weighted by atomic mass is 10.2. The molecule has 0 spiro atoms. The standard InChI is InChI=1S/C19H15F2N5O/c1-12-9-17-24-25(11-13-3-2-4-15(21)10-13)19(27)26(17)18(22-12)23-16-7-5-14(20)6-8-16/h2-10H,11H2,1H3,(H,22,23). The number of rotatable bonds is 4. The van der Waals surface area contributed by atoms with Crippen molar-refractivity contribution in [1.29, 1.82) is 0 Å². The van der Waals surface area contributed by atoms with Gasteiger partial charge in [0.1, 0.15) is 11.6 Å². The maximum atomic E-state index is 13.4. The Morgan fingerprint density at radius 1 is 1.04 bits per heavy atom. The highest BCUT2D eigenvalue weighted by Crippen LogP contribution is 2.16. The van der Waals surface area contributed by atoms with Crippen LogP contribution in [0.1, 0.15) is 11.3 Å². The lowest BCUT2D eigenvalue weighted by Gasteiger charge is -2.07. The first-order chi connectivity index (χ1) is 13.0. The third-order valence-corrected chi connectivity index (χ3v) is 4.02. The fourth-order valence-corrected chi connectivity index (χ4v) is 2.81. The topological polar surface area (TPSA) is 64.2 Å². The number of halogens is 2. The highest BCUT2D eigenvalue weighted by atomic mass is 19.1. The normalized spacial score (nSPS) is 11.1. The van der Waals surface area contributed by atoms with Crippen LogP contribution in [0.5, 0.6) is 0 Å². The van der Waals surface area contributed by atoms with Gasteiger partial charge in [0.05, 0.1) is 6.54 Å². The molecule has 0 aliphatic rings. The smallest absolute Gasteiger partial charge is 0.325 e. The second-order valence-electron chi connectivity index (χ2n) is 6.12. The van der Waals surface area contributed by atoms with Crippen LogP contribution in [0.2, 0.25) is 0 Å². The Morgan fingerprint density at radius 3 is 2.56 bits per heavy atom. The van der Waals surface area contributed by atoms with Crippen LogP contribution in [0.15, 0.2) is 59.4 Å². The molecule has 1 N–H and O–H groups in total. The summed E-state index contributed by atoms with van der Waals surface area (Å²) in [6.45, 7) is 1.92. The summed E-state index contributed by atoms with van der Waals surface area (Å²) in [4.78, 5) is 17.2. The minimum atomic E-state index is -0.411. The van der Waals surface area contributed by atoms with Crippen LogP contribution in [0.25, 0.3) is 5.65 Å². The van der Waals surface area contributed by atoms with Gasteiger partial charge in [0.2, 0.25) is 5.95 Å². The molecule has 2 heterocycles. The third kappa shape index (κ3) is 3.41. The summed E-state index contributed by atoms with van der Waals surface area (Å²) in [5.41, 5.74) is 1.87. The van der Waals surface area contributed by atoms with Crippen molar-refractivity contribution >= 4 is 17.3 Å². The summed E-state index contributed by atoms with van der Waals surface area (Å²) in [6.07, 6.45) is 0. The molecule has 4 aromatic rings. The number of benzene rings is 2. The molecule has 0 atom stereocenters. The minimum absolute atomic E-state index is 0.132. The highest BCUT2D eigenvalue weighted by molar-refractivity contribution is 5.56. The van der Waals surface area contributed by atoms with Crippen LogP contribution in [-0.2, 0) is 6.54 Å². The molecule has 136 valence electrons. The van der Waals surface area contributed by atoms with Crippen LogP contribution in [0.3, 0.4) is 0 Å². The summed E-state index contributed by atoms with van der Waals surface area (Å²) in [5.74, 6) is -0.462. The van der Waals surface area contributed by atoms with Gasteiger partial charge < -0.3 is 5.32 Å². The van der Waals surface area contributed by atoms with E-state index in [2.05, 4.69) is 15.4 Å². The van der Waals surface area contributed by atoms with E-state index >= 15 is 0 Å². The molecule has 0 unspecified atom stereocenters. The molecule has 0 aliphatic carbocycles. The van der Waals surface area contributed by atoms with Crippen molar-refractivity contribution in [3.05, 3.63) is 88.0 Å². The van der Waals surface area contributed by atoms with Gasteiger partial charge >= 0.3 is 5.69 Å². The van der Waals surface area contributed by atoms with E-state index in [4.69, 9.17) is 0 Å². The van der Waals surface area contributed by atoms with E-state index in [1.165, 1.54) is 33.3 Å². The van der Waals surface area contributed by atoms with E-state index in [1.54, 1.807) is 37.3 Å². The predicted molar refractivity (Wildman–Crippen MR) is 97.2 cm³/mol. The molecule has 4 rings (SSSR count). The SMILES string of the molecule is Cc1cc2nn(Cc3cccc(F)c3)c(=O)n2c(Nc2ccc(F)cc2)n1. The first-order valence-electron chi connectivity index (χ1n) is 8.24. The molecule has 0 amide bonds. The molecule has 0 saturated carbocycles. The van der Waals surface area contributed by atoms with Crippen molar-refractivity contribution in [1.82, 2.24) is 19.2 Å². The highest BCUT2D eigenvalue weighted by Gasteiger charge is 2.14. The van der Waals surface area contributed by atoms with Gasteiger partial charge in [-0.1, -0.05) is 12.1 Å². The number of nitrogens with zero attached hydrogens (tertiary/aromatic N) is 4. The van der Waals surface area contributed by atoms with Gasteiger partial charge in [-0.25, -0.2) is 27.6 Å². The van der Waals surface area contributed by atoms with Crippen LogP contribution in [0, 0.1) is 18.6 Å². The number of nitrogens with one attached hydrogen (secondary N) is 1. The number of fused-ring (bicyclic) bond motifs is 1. The largest absolute Gasteiger partial charge is 0.353 e. The van der Waals surface area contributed by atoms with Crippen molar-refractivity contribution < 1.29 is 8.78 Å². The maximum absolute atomic E-state index is 13.4. The van der Waals surface area contributed by atoms with E-state index in [1.807, 2.05) is 0 Å². The minimum Gasteiger partial charge on any atom is -0.325 e. The molecule has 0 aliphatic heterocycles. The monoisotopic (exact) mass is 367 g/mol. The van der Waals surface area contributed by atoms with Crippen LogP contribution in [-0.4, -0.2) is 19.2 Å². The van der Waals surface area contributed by atoms with E-state index in [9.17, 15) is 13.6 Å². The summed E-state index contributed by atoms with van der Waals surface area (Å²) in [7, 11) is 0. The van der Waals surface area contributed by atoms with Gasteiger partial charge in [0, 0.05) is 17.4 Å². The predicted octanol–water partition coefficient (Wildman–Crippen LogP) is 3.27. The van der Waals surface area contributed by atoms with Crippen molar-refractivity contribution in [2.24, 2.45) is 0 Å². The first-order valence-corrected chi connectivity index (χ1v) is 8.24. The average molecular weight is 367 g/mol. The molecular weight excluding hydrogens is 352 g/mol. The van der Waals surface area contributed by atoms with E-state index in [0.29, 0.717) is 22.6 Å². The number of aryl methyl sites for hydroxylation is 1. The lowest BCUT2D eigenvalue weighted by Crippen LogP contribution is -2.23. The number of anilines is 2. The van der Waals surface area contributed by atoms with E-state index < -0.39 is 5.69 Å². The fraction of sp³-hybridized carbons (Fsp3) is 0.105. The Labute approximate surface area is 152 Å². The molecule has 6 nitrogen and oxygen atoms in total. The van der Waals surface area contributed by atoms with Crippen molar-refractivity contribution in [3.63, 3.8) is 0 Å². The van der Waals surface area contributed by atoms with E-state index in [0.717, 1.165) is 0 Å². The maximum Gasteiger partial charge on any atom is 0.353 e. The molecule has 0 fully saturated rings. The molecule has 8 heteroatoms. The zero-order valence-corrected chi connectivity index (χ0v) is 14.4. The Kier molecular flexibility index (Phi) is 4.15. The Hall–Kier alpha value is -3.55. The first kappa shape index (κ1) is 16.9. The van der Waals surface area contributed by atoms with Crippen LogP contribution < -0.4 is 11.0 Å². The Morgan fingerprint density at radius 2 is 1.81 bits per heavy atom. The summed E-state index contributed by atoms with van der Waals surface area (Å²) in [5, 5.41) is 7.33. The molecular formula is C19H15F2N5O. The lowest BCUT2D eigenvalue weighted by molar-refractivity contribution is 0.615. The average Bonchev–Trinajstić information content (AvgIpc) is 2.92. The molecule has 0 saturated heterocycles. The zero-order chi connectivity index (χ0) is 19.0. The second-order valence-corrected chi connectivity index (χ2v) is 6.12. The summed E-state index contributed by atoms with van der Waals surface area (Å²) >= 11 is 0. The Bertz CT molecular complexity index is 1180. The third-order valence-electron chi connectivity index (χ3n) is 4.02. The van der Waals surface area contributed by atoms with Gasteiger partial charge in [0.15, 0.2) is 5.65 Å². The van der Waals surface area contributed by atoms with Crippen molar-refractivity contribution in [2.45, 2.75) is 13.5 Å². The van der Waals surface area contributed by atoms with Gasteiger partial charge in [-0.2, -0.15) is 0 Å². The number of aromatic nitrogens is 4. The molecule has 0 radical (unpaired) electrons. The molecule has 2 aromatic heterocycles. The summed E-state index contributed by atoms with van der Waals surface area (Å²) in [6, 6.07) is 13.4. The number of hydrogen-bond donors (Lipinski definition) is 1. The quantitative estimate of drug-likeness (QED) is 0.601. The van der Waals surface area contributed by atoms with Gasteiger partial charge in [-0.15, -0.1) is 5.10 Å². The molecule has 27 heavy (non-hydrogen) atoms. The van der Waals surface area contributed by atoms with Crippen molar-refractivity contribution in [3.8, 4) is 0 Å². The zero-order valence-electron chi connectivity index (χ0n) is 14.4. The molecule has 0 bridgehead atoms. The van der Waals surface area contributed by atoms with Crippen molar-refractivity contribution in [2.75, 3.05) is 5.32 Å². The van der Waals surface area contributed by atoms with Gasteiger partial charge in [-0.3, -0.25) is 0 Å². The molecule has 2 aromatic carbocycles. The second kappa shape index (κ2) is 6.64. The Balaban J connectivity index is 1.77. The van der Waals surface area contributed by atoms with Crippen LogP contribution >= 0.6 is 0 Å². The van der Waals surface area contributed by atoms with Gasteiger partial charge in [0.25, 0.3) is 0 Å². The fourth-order valence-electron chi connectivity index (χ4n) is 2.81.